The molecule has 2 rings (SSSR count). The van der Waals surface area contributed by atoms with Crippen molar-refractivity contribution in [3.8, 4) is 5.75 Å². The lowest BCUT2D eigenvalue weighted by Crippen LogP contribution is -2.37. The van der Waals surface area contributed by atoms with E-state index in [2.05, 4.69) is 21.2 Å². The van der Waals surface area contributed by atoms with Crippen molar-refractivity contribution < 1.29 is 9.53 Å². The number of Topliss-reactive ketones (excluding diaryl/α,β-unsaturated/α-hetero) is 1. The lowest BCUT2D eigenvalue weighted by Gasteiger charge is -2.21. The van der Waals surface area contributed by atoms with Gasteiger partial charge in [0.1, 0.15) is 11.5 Å². The number of hydrogen-bond acceptors (Lipinski definition) is 3. The molecular weight excluding hydrogens is 282 g/mol. The third-order valence-corrected chi connectivity index (χ3v) is 3.42. The van der Waals surface area contributed by atoms with Gasteiger partial charge in [0.25, 0.3) is 0 Å². The number of rotatable bonds is 4. The summed E-state index contributed by atoms with van der Waals surface area (Å²) in [6, 6.07) is 7.75. The van der Waals surface area contributed by atoms with Gasteiger partial charge in [0.2, 0.25) is 0 Å². The number of carbonyl (C=O) groups excluding carboxylic acids is 1. The highest BCUT2D eigenvalue weighted by molar-refractivity contribution is 9.10. The van der Waals surface area contributed by atoms with Gasteiger partial charge < -0.3 is 10.1 Å². The topological polar surface area (TPSA) is 38.3 Å². The molecule has 1 aromatic rings. The van der Waals surface area contributed by atoms with E-state index in [4.69, 9.17) is 4.74 Å². The summed E-state index contributed by atoms with van der Waals surface area (Å²) in [5, 5.41) is 3.24. The molecule has 0 amide bonds. The molecule has 0 bridgehead atoms. The molecule has 1 N–H and O–H groups in total. The van der Waals surface area contributed by atoms with E-state index in [1.165, 1.54) is 0 Å². The SMILES string of the molecule is O=C1CCNCC1CCOc1cccc(Br)c1. The number of ketones is 1. The zero-order chi connectivity index (χ0) is 12.1. The van der Waals surface area contributed by atoms with E-state index in [1.54, 1.807) is 0 Å². The molecule has 1 unspecified atom stereocenters. The molecule has 0 aliphatic carbocycles. The van der Waals surface area contributed by atoms with E-state index in [0.717, 1.165) is 29.7 Å². The van der Waals surface area contributed by atoms with E-state index >= 15 is 0 Å². The van der Waals surface area contributed by atoms with Crippen LogP contribution in [0.15, 0.2) is 28.7 Å². The van der Waals surface area contributed by atoms with Gasteiger partial charge in [0.15, 0.2) is 0 Å². The summed E-state index contributed by atoms with van der Waals surface area (Å²) < 4.78 is 6.63. The maximum Gasteiger partial charge on any atom is 0.138 e. The fraction of sp³-hybridized carbons (Fsp3) is 0.462. The van der Waals surface area contributed by atoms with Crippen LogP contribution in [0, 0.1) is 5.92 Å². The van der Waals surface area contributed by atoms with E-state index in [1.807, 2.05) is 24.3 Å². The Morgan fingerprint density at radius 3 is 3.12 bits per heavy atom. The van der Waals surface area contributed by atoms with Crippen molar-refractivity contribution in [1.29, 1.82) is 0 Å². The Balaban J connectivity index is 1.77. The van der Waals surface area contributed by atoms with Crippen molar-refractivity contribution in [3.63, 3.8) is 0 Å². The van der Waals surface area contributed by atoms with Crippen LogP contribution in [0.4, 0.5) is 0 Å². The minimum atomic E-state index is 0.121. The Bertz CT molecular complexity index is 395. The van der Waals surface area contributed by atoms with Crippen LogP contribution in [0.1, 0.15) is 12.8 Å². The van der Waals surface area contributed by atoms with E-state index in [0.29, 0.717) is 18.8 Å². The number of halogens is 1. The average molecular weight is 298 g/mol. The molecule has 1 aromatic carbocycles. The van der Waals surface area contributed by atoms with E-state index < -0.39 is 0 Å². The predicted molar refractivity (Wildman–Crippen MR) is 70.2 cm³/mol. The van der Waals surface area contributed by atoms with Crippen molar-refractivity contribution in [2.75, 3.05) is 19.7 Å². The molecule has 92 valence electrons. The first-order chi connectivity index (χ1) is 8.25. The summed E-state index contributed by atoms with van der Waals surface area (Å²) in [4.78, 5) is 11.6. The average Bonchev–Trinajstić information content (AvgIpc) is 2.32. The van der Waals surface area contributed by atoms with E-state index in [9.17, 15) is 4.79 Å². The largest absolute Gasteiger partial charge is 0.494 e. The smallest absolute Gasteiger partial charge is 0.138 e. The van der Waals surface area contributed by atoms with Crippen LogP contribution < -0.4 is 10.1 Å². The molecule has 0 aromatic heterocycles. The second kappa shape index (κ2) is 6.17. The Hall–Kier alpha value is -0.870. The maximum absolute atomic E-state index is 11.6. The molecule has 1 fully saturated rings. The summed E-state index contributed by atoms with van der Waals surface area (Å²) in [5.41, 5.74) is 0. The number of carbonyl (C=O) groups is 1. The number of hydrogen-bond donors (Lipinski definition) is 1. The fourth-order valence-corrected chi connectivity index (χ4v) is 2.32. The van der Waals surface area contributed by atoms with Gasteiger partial charge in [-0.05, 0) is 24.6 Å². The minimum Gasteiger partial charge on any atom is -0.494 e. The minimum absolute atomic E-state index is 0.121. The predicted octanol–water partition coefficient (Wildman–Crippen LogP) is 2.40. The highest BCUT2D eigenvalue weighted by atomic mass is 79.9. The Morgan fingerprint density at radius 2 is 2.35 bits per heavy atom. The molecule has 1 aliphatic rings. The summed E-state index contributed by atoms with van der Waals surface area (Å²) in [7, 11) is 0. The van der Waals surface area contributed by atoms with Crippen LogP contribution in [0.5, 0.6) is 5.75 Å². The van der Waals surface area contributed by atoms with E-state index in [-0.39, 0.29) is 5.92 Å². The summed E-state index contributed by atoms with van der Waals surface area (Å²) in [6.45, 7) is 2.21. The molecular formula is C13H16BrNO2. The van der Waals surface area contributed by atoms with Gasteiger partial charge in [-0.1, -0.05) is 22.0 Å². The molecule has 1 heterocycles. The standard InChI is InChI=1S/C13H16BrNO2/c14-11-2-1-3-12(8-11)17-7-5-10-9-15-6-4-13(10)16/h1-3,8,10,15H,4-7,9H2. The number of benzene rings is 1. The van der Waals surface area contributed by atoms with Crippen LogP contribution in [0.3, 0.4) is 0 Å². The lowest BCUT2D eigenvalue weighted by molar-refractivity contribution is -0.124. The first-order valence-corrected chi connectivity index (χ1v) is 6.67. The van der Waals surface area contributed by atoms with Gasteiger partial charge in [0, 0.05) is 29.9 Å². The van der Waals surface area contributed by atoms with Gasteiger partial charge in [0.05, 0.1) is 6.61 Å². The first-order valence-electron chi connectivity index (χ1n) is 5.87. The fourth-order valence-electron chi connectivity index (χ4n) is 1.94. The lowest BCUT2D eigenvalue weighted by atomic mass is 9.95. The Labute approximate surface area is 110 Å². The molecule has 17 heavy (non-hydrogen) atoms. The van der Waals surface area contributed by atoms with Crippen LogP contribution in [-0.4, -0.2) is 25.5 Å². The number of ether oxygens (including phenoxy) is 1. The van der Waals surface area contributed by atoms with Crippen molar-refractivity contribution in [3.05, 3.63) is 28.7 Å². The Morgan fingerprint density at radius 1 is 1.47 bits per heavy atom. The molecule has 1 saturated heterocycles. The Kier molecular flexibility index (Phi) is 4.57. The van der Waals surface area contributed by atoms with Gasteiger partial charge in [-0.25, -0.2) is 0 Å². The van der Waals surface area contributed by atoms with Crippen LogP contribution in [0.2, 0.25) is 0 Å². The van der Waals surface area contributed by atoms with Gasteiger partial charge >= 0.3 is 0 Å². The highest BCUT2D eigenvalue weighted by Gasteiger charge is 2.21. The second-order valence-corrected chi connectivity index (χ2v) is 5.13. The number of nitrogens with one attached hydrogen (secondary N) is 1. The van der Waals surface area contributed by atoms with Crippen molar-refractivity contribution in [2.24, 2.45) is 5.92 Å². The third kappa shape index (κ3) is 3.82. The summed E-state index contributed by atoms with van der Waals surface area (Å²) in [6.07, 6.45) is 1.44. The van der Waals surface area contributed by atoms with Gasteiger partial charge in [-0.2, -0.15) is 0 Å². The molecule has 1 atom stereocenters. The molecule has 0 radical (unpaired) electrons. The maximum atomic E-state index is 11.6. The molecule has 0 spiro atoms. The monoisotopic (exact) mass is 297 g/mol. The first kappa shape index (κ1) is 12.6. The quantitative estimate of drug-likeness (QED) is 0.927. The zero-order valence-corrected chi connectivity index (χ0v) is 11.2. The summed E-state index contributed by atoms with van der Waals surface area (Å²) >= 11 is 3.40. The third-order valence-electron chi connectivity index (χ3n) is 2.93. The molecule has 1 aliphatic heterocycles. The second-order valence-electron chi connectivity index (χ2n) is 4.21. The normalized spacial score (nSPS) is 20.3. The van der Waals surface area contributed by atoms with Crippen LogP contribution >= 0.6 is 15.9 Å². The van der Waals surface area contributed by atoms with Crippen molar-refractivity contribution >= 4 is 21.7 Å². The van der Waals surface area contributed by atoms with Crippen molar-refractivity contribution in [2.45, 2.75) is 12.8 Å². The van der Waals surface area contributed by atoms with Crippen LogP contribution in [0.25, 0.3) is 0 Å². The molecule has 4 heteroatoms. The number of piperidine rings is 1. The molecule has 3 nitrogen and oxygen atoms in total. The van der Waals surface area contributed by atoms with Gasteiger partial charge in [-0.3, -0.25) is 4.79 Å². The summed E-state index contributed by atoms with van der Waals surface area (Å²) in [5.74, 6) is 1.33. The van der Waals surface area contributed by atoms with Crippen molar-refractivity contribution in [1.82, 2.24) is 5.32 Å². The van der Waals surface area contributed by atoms with Gasteiger partial charge in [-0.15, -0.1) is 0 Å². The highest BCUT2D eigenvalue weighted by Crippen LogP contribution is 2.18. The molecule has 0 saturated carbocycles. The zero-order valence-electron chi connectivity index (χ0n) is 9.62. The van der Waals surface area contributed by atoms with Crippen LogP contribution in [-0.2, 0) is 4.79 Å².